The van der Waals surface area contributed by atoms with Crippen molar-refractivity contribution in [3.05, 3.63) is 45.9 Å². The van der Waals surface area contributed by atoms with E-state index >= 15 is 0 Å². The van der Waals surface area contributed by atoms with E-state index in [0.29, 0.717) is 31.1 Å². The van der Waals surface area contributed by atoms with Gasteiger partial charge in [-0.25, -0.2) is 4.79 Å². The maximum absolute atomic E-state index is 12.3. The van der Waals surface area contributed by atoms with Crippen LogP contribution < -0.4 is 19.5 Å². The third-order valence-electron chi connectivity index (χ3n) is 3.80. The van der Waals surface area contributed by atoms with E-state index in [9.17, 15) is 18.4 Å². The highest BCUT2D eigenvalue weighted by molar-refractivity contribution is 6.33. The number of fused-ring (bicyclic) bond motifs is 1. The van der Waals surface area contributed by atoms with Crippen molar-refractivity contribution in [2.24, 2.45) is 0 Å². The first kappa shape index (κ1) is 21.9. The lowest BCUT2D eigenvalue weighted by molar-refractivity contribution is -0.119. The molecular formula is C19H15Cl2F2NO6. The van der Waals surface area contributed by atoms with E-state index in [0.717, 1.165) is 0 Å². The Hall–Kier alpha value is -2.78. The average molecular weight is 462 g/mol. The summed E-state index contributed by atoms with van der Waals surface area (Å²) in [5, 5.41) is 2.49. The summed E-state index contributed by atoms with van der Waals surface area (Å²) in [6.07, 6.45) is 0.671. The van der Waals surface area contributed by atoms with Crippen molar-refractivity contribution in [3.8, 4) is 17.2 Å². The summed E-state index contributed by atoms with van der Waals surface area (Å²) in [6, 6.07) is 6.50. The summed E-state index contributed by atoms with van der Waals surface area (Å²) in [5.41, 5.74) is 0.301. The fourth-order valence-corrected chi connectivity index (χ4v) is 3.02. The Morgan fingerprint density at radius 3 is 2.60 bits per heavy atom. The van der Waals surface area contributed by atoms with E-state index in [4.69, 9.17) is 37.4 Å². The molecule has 1 aliphatic heterocycles. The van der Waals surface area contributed by atoms with Crippen molar-refractivity contribution in [3.63, 3.8) is 0 Å². The minimum atomic E-state index is -3.03. The van der Waals surface area contributed by atoms with Gasteiger partial charge in [-0.3, -0.25) is 4.79 Å². The Morgan fingerprint density at radius 2 is 1.87 bits per heavy atom. The van der Waals surface area contributed by atoms with Gasteiger partial charge in [0.05, 0.1) is 28.8 Å². The molecule has 0 saturated heterocycles. The van der Waals surface area contributed by atoms with Crippen LogP contribution in [0.1, 0.15) is 16.8 Å². The zero-order valence-electron chi connectivity index (χ0n) is 15.3. The highest BCUT2D eigenvalue weighted by Crippen LogP contribution is 2.38. The van der Waals surface area contributed by atoms with E-state index in [-0.39, 0.29) is 27.0 Å². The SMILES string of the molecule is O=C(COC(=O)c1cc(Cl)c2c(c1)OCCCO2)Nc1ccc(OC(F)F)c(Cl)c1. The van der Waals surface area contributed by atoms with E-state index in [2.05, 4.69) is 10.1 Å². The zero-order valence-corrected chi connectivity index (χ0v) is 16.8. The van der Waals surface area contributed by atoms with Crippen molar-refractivity contribution in [1.29, 1.82) is 0 Å². The second-order valence-electron chi connectivity index (χ2n) is 5.98. The molecule has 1 aliphatic rings. The first-order valence-corrected chi connectivity index (χ1v) is 9.39. The van der Waals surface area contributed by atoms with Crippen molar-refractivity contribution >= 4 is 40.8 Å². The first-order chi connectivity index (χ1) is 14.3. The summed E-state index contributed by atoms with van der Waals surface area (Å²) in [5.74, 6) is -1.03. The number of hydrogen-bond acceptors (Lipinski definition) is 6. The van der Waals surface area contributed by atoms with E-state index in [1.807, 2.05) is 0 Å². The summed E-state index contributed by atoms with van der Waals surface area (Å²) < 4.78 is 44.7. The van der Waals surface area contributed by atoms with E-state index < -0.39 is 25.1 Å². The Morgan fingerprint density at radius 1 is 1.10 bits per heavy atom. The van der Waals surface area contributed by atoms with Crippen LogP contribution >= 0.6 is 23.2 Å². The first-order valence-electron chi connectivity index (χ1n) is 8.64. The minimum absolute atomic E-state index is 0.0913. The van der Waals surface area contributed by atoms with Gasteiger partial charge in [0.1, 0.15) is 5.75 Å². The molecule has 160 valence electrons. The Kier molecular flexibility index (Phi) is 7.17. The molecular weight excluding hydrogens is 447 g/mol. The van der Waals surface area contributed by atoms with Gasteiger partial charge >= 0.3 is 12.6 Å². The molecule has 2 aromatic rings. The van der Waals surface area contributed by atoms with Crippen LogP contribution in [0.2, 0.25) is 10.0 Å². The lowest BCUT2D eigenvalue weighted by atomic mass is 10.2. The summed E-state index contributed by atoms with van der Waals surface area (Å²) >= 11 is 12.0. The van der Waals surface area contributed by atoms with Gasteiger partial charge in [0.15, 0.2) is 18.1 Å². The van der Waals surface area contributed by atoms with Crippen LogP contribution in [0.25, 0.3) is 0 Å². The molecule has 1 N–H and O–H groups in total. The predicted octanol–water partition coefficient (Wildman–Crippen LogP) is 4.55. The number of halogens is 4. The van der Waals surface area contributed by atoms with E-state index in [1.165, 1.54) is 30.3 Å². The number of anilines is 1. The molecule has 0 atom stereocenters. The lowest BCUT2D eigenvalue weighted by Gasteiger charge is -2.12. The Bertz CT molecular complexity index is 957. The summed E-state index contributed by atoms with van der Waals surface area (Å²) in [7, 11) is 0. The number of nitrogens with one attached hydrogen (secondary N) is 1. The molecule has 0 aromatic heterocycles. The van der Waals surface area contributed by atoms with Gasteiger partial charge < -0.3 is 24.3 Å². The second kappa shape index (κ2) is 9.82. The van der Waals surface area contributed by atoms with Gasteiger partial charge in [-0.15, -0.1) is 0 Å². The second-order valence-corrected chi connectivity index (χ2v) is 6.80. The quantitative estimate of drug-likeness (QED) is 0.635. The summed E-state index contributed by atoms with van der Waals surface area (Å²) in [6.45, 7) is -2.78. The molecule has 0 spiro atoms. The predicted molar refractivity (Wildman–Crippen MR) is 104 cm³/mol. The normalized spacial score (nSPS) is 12.8. The number of hydrogen-bond donors (Lipinski definition) is 1. The highest BCUT2D eigenvalue weighted by atomic mass is 35.5. The number of alkyl halides is 2. The maximum Gasteiger partial charge on any atom is 0.387 e. The number of amides is 1. The Balaban J connectivity index is 1.58. The molecule has 1 amide bonds. The van der Waals surface area contributed by atoms with Gasteiger partial charge in [-0.2, -0.15) is 8.78 Å². The molecule has 0 unspecified atom stereocenters. The minimum Gasteiger partial charge on any atom is -0.489 e. The van der Waals surface area contributed by atoms with Gasteiger partial charge in [0.25, 0.3) is 5.91 Å². The fourth-order valence-electron chi connectivity index (χ4n) is 2.53. The average Bonchev–Trinajstić information content (AvgIpc) is 2.94. The van der Waals surface area contributed by atoms with Crippen LogP contribution in [0.4, 0.5) is 14.5 Å². The molecule has 0 bridgehead atoms. The van der Waals surface area contributed by atoms with Crippen LogP contribution in [0.5, 0.6) is 17.2 Å². The maximum atomic E-state index is 12.3. The molecule has 0 aliphatic carbocycles. The van der Waals surface area contributed by atoms with Crippen LogP contribution in [0.15, 0.2) is 30.3 Å². The lowest BCUT2D eigenvalue weighted by Crippen LogP contribution is -2.21. The topological polar surface area (TPSA) is 83.1 Å². The number of ether oxygens (including phenoxy) is 4. The molecule has 0 radical (unpaired) electrons. The van der Waals surface area contributed by atoms with Gasteiger partial charge in [-0.1, -0.05) is 23.2 Å². The fraction of sp³-hybridized carbons (Fsp3) is 0.263. The highest BCUT2D eigenvalue weighted by Gasteiger charge is 2.20. The van der Waals surface area contributed by atoms with Crippen LogP contribution in [0.3, 0.4) is 0 Å². The zero-order chi connectivity index (χ0) is 21.7. The number of benzene rings is 2. The van der Waals surface area contributed by atoms with Crippen molar-refractivity contribution in [2.45, 2.75) is 13.0 Å². The third kappa shape index (κ3) is 5.64. The van der Waals surface area contributed by atoms with Crippen LogP contribution in [-0.2, 0) is 9.53 Å². The van der Waals surface area contributed by atoms with Gasteiger partial charge in [-0.05, 0) is 30.3 Å². The Labute approximate surface area is 179 Å². The third-order valence-corrected chi connectivity index (χ3v) is 4.38. The number of esters is 1. The molecule has 3 rings (SSSR count). The van der Waals surface area contributed by atoms with Gasteiger partial charge in [0, 0.05) is 12.1 Å². The molecule has 0 fully saturated rings. The molecule has 1 heterocycles. The molecule has 30 heavy (non-hydrogen) atoms. The smallest absolute Gasteiger partial charge is 0.387 e. The van der Waals surface area contributed by atoms with Crippen LogP contribution in [-0.4, -0.2) is 38.3 Å². The molecule has 2 aromatic carbocycles. The molecule has 0 saturated carbocycles. The number of rotatable bonds is 6. The van der Waals surface area contributed by atoms with Crippen molar-refractivity contribution in [1.82, 2.24) is 0 Å². The summed E-state index contributed by atoms with van der Waals surface area (Å²) in [4.78, 5) is 24.3. The molecule has 7 nitrogen and oxygen atoms in total. The van der Waals surface area contributed by atoms with Crippen molar-refractivity contribution in [2.75, 3.05) is 25.1 Å². The monoisotopic (exact) mass is 461 g/mol. The number of carbonyl (C=O) groups is 2. The van der Waals surface area contributed by atoms with Crippen LogP contribution in [0, 0.1) is 0 Å². The van der Waals surface area contributed by atoms with E-state index in [1.54, 1.807) is 0 Å². The molecule has 11 heteroatoms. The number of carbonyl (C=O) groups excluding carboxylic acids is 2. The van der Waals surface area contributed by atoms with Crippen molar-refractivity contribution < 1.29 is 37.3 Å². The largest absolute Gasteiger partial charge is 0.489 e. The standard InChI is InChI=1S/C19H15Cl2F2NO6/c20-12-8-11(2-3-14(12)30-19(22)23)24-16(25)9-29-18(26)10-6-13(21)17-15(7-10)27-4-1-5-28-17/h2-3,6-8,19H,1,4-5,9H2,(H,24,25). The van der Waals surface area contributed by atoms with Gasteiger partial charge in [0.2, 0.25) is 0 Å².